The zero-order chi connectivity index (χ0) is 44.2. The Morgan fingerprint density at radius 1 is 0.492 bits per heavy atom. The molecule has 4 aliphatic carbocycles. The van der Waals surface area contributed by atoms with Crippen LogP contribution >= 0.6 is 34.1 Å². The average molecular weight is 1100 g/mol. The Bertz CT molecular complexity index is 2080. The molecule has 4 aliphatic rings. The van der Waals surface area contributed by atoms with Gasteiger partial charge in [0.1, 0.15) is 0 Å². The number of hydrogen-bond acceptors (Lipinski definition) is 0. The van der Waals surface area contributed by atoms with Crippen LogP contribution in [0.25, 0.3) is 34.4 Å². The van der Waals surface area contributed by atoms with Crippen LogP contribution in [0.4, 0.5) is 0 Å². The summed E-state index contributed by atoms with van der Waals surface area (Å²) in [5.41, 5.74) is 17.0. The first-order chi connectivity index (χ1) is 30.4. The molecule has 0 heterocycles. The molecule has 8 rings (SSSR count). The van der Waals surface area contributed by atoms with Gasteiger partial charge in [0.05, 0.1) is 0 Å². The van der Waals surface area contributed by atoms with E-state index < -0.39 is 45.3 Å². The van der Waals surface area contributed by atoms with Gasteiger partial charge >= 0.3 is 412 Å². The molecule has 0 nitrogen and oxygen atoms in total. The first kappa shape index (κ1) is 48.9. The Morgan fingerprint density at radius 3 is 1.19 bits per heavy atom. The Hall–Kier alpha value is -0.497. The molecular weight excluding hydrogens is 1020 g/mol. The molecule has 0 saturated heterocycles. The number of halogens is 4. The fourth-order valence-electron chi connectivity index (χ4n) is 12.5. The van der Waals surface area contributed by atoms with Crippen molar-refractivity contribution >= 4 is 55.7 Å². The van der Waals surface area contributed by atoms with Crippen molar-refractivity contribution in [2.24, 2.45) is 10.8 Å². The van der Waals surface area contributed by atoms with Crippen molar-refractivity contribution in [1.82, 2.24) is 0 Å². The molecule has 4 aromatic rings. The van der Waals surface area contributed by atoms with Crippen molar-refractivity contribution < 1.29 is 35.8 Å². The maximum absolute atomic E-state index is 8.14. The Balaban J connectivity index is 1.10. The summed E-state index contributed by atoms with van der Waals surface area (Å²) in [5.74, 6) is 0. The van der Waals surface area contributed by atoms with Crippen LogP contribution in [-0.2, 0) is 35.8 Å². The van der Waals surface area contributed by atoms with Gasteiger partial charge in [0.25, 0.3) is 0 Å². The van der Waals surface area contributed by atoms with E-state index in [0.717, 1.165) is 20.3 Å². The summed E-state index contributed by atoms with van der Waals surface area (Å²) in [4.78, 5) is 0. The van der Waals surface area contributed by atoms with Gasteiger partial charge in [-0.1, -0.05) is 0 Å². The zero-order valence-corrected chi connectivity index (χ0v) is 48.1. The van der Waals surface area contributed by atoms with Crippen LogP contribution in [0, 0.1) is 24.7 Å². The van der Waals surface area contributed by atoms with Crippen molar-refractivity contribution in [1.29, 1.82) is 0 Å². The van der Waals surface area contributed by atoms with E-state index in [-0.39, 0.29) is 7.25 Å². The van der Waals surface area contributed by atoms with Crippen molar-refractivity contribution in [3.63, 3.8) is 0 Å². The summed E-state index contributed by atoms with van der Waals surface area (Å²) in [6.07, 6.45) is 28.7. The first-order valence-corrected chi connectivity index (χ1v) is 45.9. The summed E-state index contributed by atoms with van der Waals surface area (Å²) >= 11 is -7.75. The summed E-state index contributed by atoms with van der Waals surface area (Å²) < 4.78 is 2.35. The van der Waals surface area contributed by atoms with Crippen LogP contribution in [0.3, 0.4) is 0 Å². The average Bonchev–Trinajstić information content (AvgIpc) is 3.82. The molecule has 2 fully saturated rings. The molecule has 0 radical (unpaired) electrons. The molecule has 4 aromatic carbocycles. The fraction of sp³-hybridized carbons (Fsp3) is 0.500. The van der Waals surface area contributed by atoms with Crippen molar-refractivity contribution in [3.8, 4) is 22.3 Å². The number of fused-ring (bicyclic) bond motifs is 2. The second kappa shape index (κ2) is 21.4. The van der Waals surface area contributed by atoms with E-state index >= 15 is 0 Å². The molecule has 2 atom stereocenters. The summed E-state index contributed by atoms with van der Waals surface area (Å²) in [5, 5.41) is 0. The second-order valence-electron chi connectivity index (χ2n) is 20.6. The van der Waals surface area contributed by atoms with Gasteiger partial charge in [0, 0.05) is 0 Å². The monoisotopic (exact) mass is 1090 g/mol. The van der Waals surface area contributed by atoms with E-state index in [0.29, 0.717) is 10.8 Å². The molecule has 7 heteroatoms. The predicted molar refractivity (Wildman–Crippen MR) is 276 cm³/mol. The van der Waals surface area contributed by atoms with Gasteiger partial charge in [-0.2, -0.15) is 0 Å². The Labute approximate surface area is 407 Å². The standard InChI is InChI=1S/2C27H33.C2H6Si.4ClH.2Zr/c2*1-3-27(16-7-5-4-6-8-17-27)20-22-18-24-10-9-11-25(26(24)19-22)23-14-12-21(2)13-15-23;1-3-2;;;;;;/h2*9-15,18-19H,3-8,16-17,20H2,1-2H3;1-3H2;4*1H;;/q;;;;;;;2*+2/p-4. The van der Waals surface area contributed by atoms with Crippen LogP contribution in [-0.4, -0.2) is 9.52 Å². The van der Waals surface area contributed by atoms with E-state index in [4.69, 9.17) is 34.1 Å². The van der Waals surface area contributed by atoms with Gasteiger partial charge in [0.2, 0.25) is 0 Å². The molecule has 2 unspecified atom stereocenters. The normalized spacial score (nSPS) is 21.5. The Morgan fingerprint density at radius 2 is 0.841 bits per heavy atom. The van der Waals surface area contributed by atoms with E-state index in [1.165, 1.54) is 170 Å². The SMILES string of the molecule is CCC1(CC2=Cc3c(-c4ccc(C)cc4)cccc3[CH]2[Zr]([Cl])([Cl])[CH2][SiH2][CH2][Zr]([Cl])([Cl])[CH]2C(CC3(CC)CCCCCCC3)=Cc3c(-c4ccc(C)cc4)cccc32)CCCCCCC1. The zero-order valence-electron chi connectivity index (χ0n) is 38.8. The van der Waals surface area contributed by atoms with Crippen LogP contribution in [0.15, 0.2) is 96.1 Å². The van der Waals surface area contributed by atoms with Crippen LogP contribution in [0.1, 0.15) is 170 Å². The molecule has 63 heavy (non-hydrogen) atoms. The van der Waals surface area contributed by atoms with E-state index in [1.807, 2.05) is 0 Å². The number of aryl methyl sites for hydroxylation is 2. The minimum atomic E-state index is -3.88. The third kappa shape index (κ3) is 11.2. The number of rotatable bonds is 14. The van der Waals surface area contributed by atoms with Gasteiger partial charge < -0.3 is 0 Å². The third-order valence-corrected chi connectivity index (χ3v) is 59.6. The fourth-order valence-corrected chi connectivity index (χ4v) is 57.1. The quantitative estimate of drug-likeness (QED) is 0.110. The molecule has 0 amide bonds. The minimum absolute atomic E-state index is 0.170. The van der Waals surface area contributed by atoms with Gasteiger partial charge in [0.15, 0.2) is 0 Å². The third-order valence-electron chi connectivity index (χ3n) is 16.4. The molecule has 0 aliphatic heterocycles. The van der Waals surface area contributed by atoms with Gasteiger partial charge in [-0.15, -0.1) is 0 Å². The van der Waals surface area contributed by atoms with Crippen molar-refractivity contribution in [2.45, 2.75) is 158 Å². The Kier molecular flexibility index (Phi) is 16.6. The van der Waals surface area contributed by atoms with E-state index in [9.17, 15) is 0 Å². The topological polar surface area (TPSA) is 0 Å². The van der Waals surface area contributed by atoms with Gasteiger partial charge in [-0.25, -0.2) is 0 Å². The molecule has 336 valence electrons. The first-order valence-electron chi connectivity index (χ1n) is 24.9. The molecular formula is C56H72Cl4SiZr2. The molecule has 0 spiro atoms. The predicted octanol–water partition coefficient (Wildman–Crippen LogP) is 19.1. The molecule has 2 saturated carbocycles. The summed E-state index contributed by atoms with van der Waals surface area (Å²) in [7, 11) is 31.8. The van der Waals surface area contributed by atoms with Gasteiger partial charge in [-0.05, 0) is 0 Å². The summed E-state index contributed by atoms with van der Waals surface area (Å²) in [6, 6.07) is 32.1. The molecule has 0 N–H and O–H groups in total. The molecule has 0 bridgehead atoms. The number of allylic oxidation sites excluding steroid dienone is 2. The summed E-state index contributed by atoms with van der Waals surface area (Å²) in [6.45, 7) is 9.24. The second-order valence-corrected chi connectivity index (χ2v) is 58.3. The maximum atomic E-state index is 8.14. The van der Waals surface area contributed by atoms with Crippen molar-refractivity contribution in [2.75, 3.05) is 0 Å². The van der Waals surface area contributed by atoms with Crippen LogP contribution in [0.5, 0.6) is 0 Å². The van der Waals surface area contributed by atoms with E-state index in [1.54, 1.807) is 0 Å². The van der Waals surface area contributed by atoms with E-state index in [2.05, 4.69) is 125 Å². The van der Waals surface area contributed by atoms with Gasteiger partial charge in [-0.3, -0.25) is 0 Å². The van der Waals surface area contributed by atoms with Crippen LogP contribution in [0.2, 0.25) is 7.50 Å². The number of benzene rings is 4. The number of hydrogen-bond donors (Lipinski definition) is 0. The van der Waals surface area contributed by atoms with Crippen LogP contribution < -0.4 is 0 Å². The van der Waals surface area contributed by atoms with Crippen molar-refractivity contribution in [3.05, 3.63) is 129 Å². The molecule has 0 aromatic heterocycles.